The van der Waals surface area contributed by atoms with Crippen LogP contribution in [0, 0.1) is 5.41 Å². The summed E-state index contributed by atoms with van der Waals surface area (Å²) >= 11 is 0. The third kappa shape index (κ3) is 2.30. The average molecular weight is 259 g/mol. The molecule has 2 aliphatic heterocycles. The molecule has 0 aliphatic carbocycles. The highest BCUT2D eigenvalue weighted by Gasteiger charge is 2.34. The molecule has 3 heterocycles. The molecular formula is C14H21N5. The maximum absolute atomic E-state index is 7.37. The Morgan fingerprint density at radius 2 is 2.11 bits per heavy atom. The molecule has 0 saturated carbocycles. The van der Waals surface area contributed by atoms with Crippen LogP contribution in [0.5, 0.6) is 0 Å². The second-order valence-electron chi connectivity index (χ2n) is 5.60. The van der Waals surface area contributed by atoms with Crippen LogP contribution in [0.25, 0.3) is 0 Å². The summed E-state index contributed by atoms with van der Waals surface area (Å²) in [6.45, 7) is 2.17. The van der Waals surface area contributed by atoms with Crippen molar-refractivity contribution in [3.8, 4) is 0 Å². The summed E-state index contributed by atoms with van der Waals surface area (Å²) in [5.41, 5.74) is 7.13. The van der Waals surface area contributed by atoms with Crippen LogP contribution in [-0.2, 0) is 0 Å². The molecule has 1 aromatic heterocycles. The van der Waals surface area contributed by atoms with Crippen molar-refractivity contribution >= 4 is 11.5 Å². The van der Waals surface area contributed by atoms with Crippen molar-refractivity contribution < 1.29 is 0 Å². The first-order valence-corrected chi connectivity index (χ1v) is 6.92. The average Bonchev–Trinajstić information content (AvgIpc) is 2.63. The maximum atomic E-state index is 7.37. The molecule has 102 valence electrons. The van der Waals surface area contributed by atoms with Gasteiger partial charge in [0.15, 0.2) is 0 Å². The highest BCUT2D eigenvalue weighted by molar-refractivity contribution is 5.93. The molecule has 0 radical (unpaired) electrons. The number of anilines is 1. The smallest absolute Gasteiger partial charge is 0.141 e. The van der Waals surface area contributed by atoms with Crippen LogP contribution in [0.1, 0.15) is 25.0 Å². The number of nitrogens with two attached hydrogens (primary N) is 1. The molecular weight excluding hydrogens is 238 g/mol. The number of amidine groups is 1. The predicted molar refractivity (Wildman–Crippen MR) is 76.7 cm³/mol. The van der Waals surface area contributed by atoms with Gasteiger partial charge in [0.05, 0.1) is 11.9 Å². The number of aromatic nitrogens is 1. The van der Waals surface area contributed by atoms with Gasteiger partial charge in [0.2, 0.25) is 0 Å². The Hall–Kier alpha value is -1.62. The van der Waals surface area contributed by atoms with E-state index in [4.69, 9.17) is 11.1 Å². The molecule has 3 rings (SSSR count). The number of rotatable bonds is 2. The molecule has 2 atom stereocenters. The van der Waals surface area contributed by atoms with Crippen molar-refractivity contribution in [1.29, 1.82) is 5.41 Å². The number of pyridine rings is 1. The fraction of sp³-hybridized carbons (Fsp3) is 0.571. The Bertz CT molecular complexity index is 469. The fourth-order valence-corrected chi connectivity index (χ4v) is 3.28. The Balaban J connectivity index is 1.77. The Labute approximate surface area is 113 Å². The predicted octanol–water partition coefficient (Wildman–Crippen LogP) is 1.04. The van der Waals surface area contributed by atoms with Gasteiger partial charge < -0.3 is 10.6 Å². The fourth-order valence-electron chi connectivity index (χ4n) is 3.28. The van der Waals surface area contributed by atoms with Gasteiger partial charge in [-0.15, -0.1) is 0 Å². The van der Waals surface area contributed by atoms with Crippen LogP contribution in [0.2, 0.25) is 0 Å². The van der Waals surface area contributed by atoms with Crippen molar-refractivity contribution in [3.05, 3.63) is 24.0 Å². The van der Waals surface area contributed by atoms with Gasteiger partial charge in [-0.05, 0) is 38.4 Å². The summed E-state index contributed by atoms with van der Waals surface area (Å²) < 4.78 is 0. The molecule has 3 N–H and O–H groups in total. The first-order valence-electron chi connectivity index (χ1n) is 6.92. The zero-order valence-corrected chi connectivity index (χ0v) is 11.3. The summed E-state index contributed by atoms with van der Waals surface area (Å²) in [5.74, 6) is 0.0289. The Morgan fingerprint density at radius 3 is 2.79 bits per heavy atom. The molecule has 5 heteroatoms. The number of nitrogen functional groups attached to an aromatic ring is 1. The minimum absolute atomic E-state index is 0.0289. The third-order valence-corrected chi connectivity index (χ3v) is 4.54. The molecule has 5 nitrogen and oxygen atoms in total. The van der Waals surface area contributed by atoms with Crippen molar-refractivity contribution in [2.45, 2.75) is 31.3 Å². The SMILES string of the molecule is CN1C2CCC1CN(c1ccc(C(=N)N)nc1)CC2. The quantitative estimate of drug-likeness (QED) is 0.615. The lowest BCUT2D eigenvalue weighted by atomic mass is 10.1. The zero-order valence-electron chi connectivity index (χ0n) is 11.3. The molecule has 19 heavy (non-hydrogen) atoms. The molecule has 2 fully saturated rings. The summed E-state index contributed by atoms with van der Waals surface area (Å²) in [6, 6.07) is 5.28. The van der Waals surface area contributed by atoms with E-state index < -0.39 is 0 Å². The molecule has 0 amide bonds. The van der Waals surface area contributed by atoms with E-state index in [-0.39, 0.29) is 5.84 Å². The second-order valence-corrected chi connectivity index (χ2v) is 5.60. The van der Waals surface area contributed by atoms with Crippen molar-refractivity contribution in [2.24, 2.45) is 5.73 Å². The molecule has 0 aromatic carbocycles. The second kappa shape index (κ2) is 4.81. The molecule has 2 saturated heterocycles. The van der Waals surface area contributed by atoms with Gasteiger partial charge >= 0.3 is 0 Å². The number of hydrogen-bond donors (Lipinski definition) is 2. The summed E-state index contributed by atoms with van der Waals surface area (Å²) in [5, 5.41) is 7.37. The number of fused-ring (bicyclic) bond motifs is 2. The van der Waals surface area contributed by atoms with Crippen LogP contribution < -0.4 is 10.6 Å². The first kappa shape index (κ1) is 12.4. The summed E-state index contributed by atoms with van der Waals surface area (Å²) in [7, 11) is 2.25. The Morgan fingerprint density at radius 1 is 1.32 bits per heavy atom. The zero-order chi connectivity index (χ0) is 13.4. The topological polar surface area (TPSA) is 69.2 Å². The molecule has 2 aliphatic rings. The molecule has 2 bridgehead atoms. The van der Waals surface area contributed by atoms with Crippen LogP contribution in [-0.4, -0.2) is 47.9 Å². The van der Waals surface area contributed by atoms with E-state index in [2.05, 4.69) is 21.8 Å². The van der Waals surface area contributed by atoms with Gasteiger partial charge in [-0.3, -0.25) is 15.3 Å². The highest BCUT2D eigenvalue weighted by Crippen LogP contribution is 2.30. The number of nitrogens with zero attached hydrogens (tertiary/aromatic N) is 3. The van der Waals surface area contributed by atoms with Crippen LogP contribution in [0.4, 0.5) is 5.69 Å². The van der Waals surface area contributed by atoms with E-state index in [9.17, 15) is 0 Å². The van der Waals surface area contributed by atoms with E-state index >= 15 is 0 Å². The summed E-state index contributed by atoms with van der Waals surface area (Å²) in [6.07, 6.45) is 5.71. The highest BCUT2D eigenvalue weighted by atomic mass is 15.3. The standard InChI is InChI=1S/C14H21N5/c1-18-10-2-3-12(18)9-19(7-6-10)11-4-5-13(14(15)16)17-8-11/h4-5,8,10,12H,2-3,6-7,9H2,1H3,(H3,15,16). The summed E-state index contributed by atoms with van der Waals surface area (Å²) in [4.78, 5) is 9.21. The van der Waals surface area contributed by atoms with E-state index in [1.54, 1.807) is 0 Å². The minimum atomic E-state index is 0.0289. The van der Waals surface area contributed by atoms with E-state index in [0.717, 1.165) is 24.8 Å². The van der Waals surface area contributed by atoms with Crippen molar-refractivity contribution in [2.75, 3.05) is 25.0 Å². The molecule has 0 spiro atoms. The molecule has 1 aromatic rings. The van der Waals surface area contributed by atoms with E-state index in [0.29, 0.717) is 11.7 Å². The Kier molecular flexibility index (Phi) is 3.14. The first-order chi connectivity index (χ1) is 9.15. The van der Waals surface area contributed by atoms with Gasteiger partial charge in [0.1, 0.15) is 11.5 Å². The lowest BCUT2D eigenvalue weighted by Gasteiger charge is -2.27. The lowest BCUT2D eigenvalue weighted by Crippen LogP contribution is -2.36. The third-order valence-electron chi connectivity index (χ3n) is 4.54. The lowest BCUT2D eigenvalue weighted by molar-refractivity contribution is 0.254. The number of hydrogen-bond acceptors (Lipinski definition) is 4. The van der Waals surface area contributed by atoms with Gasteiger partial charge in [0.25, 0.3) is 0 Å². The van der Waals surface area contributed by atoms with Gasteiger partial charge in [-0.2, -0.15) is 0 Å². The van der Waals surface area contributed by atoms with Crippen LogP contribution in [0.3, 0.4) is 0 Å². The minimum Gasteiger partial charge on any atom is -0.382 e. The van der Waals surface area contributed by atoms with Gasteiger partial charge in [-0.25, -0.2) is 0 Å². The van der Waals surface area contributed by atoms with Gasteiger partial charge in [-0.1, -0.05) is 0 Å². The van der Waals surface area contributed by atoms with Crippen molar-refractivity contribution in [1.82, 2.24) is 9.88 Å². The van der Waals surface area contributed by atoms with Gasteiger partial charge in [0, 0.05) is 25.2 Å². The number of likely N-dealkylation sites (N-methyl/N-ethyl adjacent to an activating group) is 1. The van der Waals surface area contributed by atoms with E-state index in [1.165, 1.54) is 19.3 Å². The van der Waals surface area contributed by atoms with Crippen LogP contribution >= 0.6 is 0 Å². The molecule has 2 unspecified atom stereocenters. The van der Waals surface area contributed by atoms with Crippen LogP contribution in [0.15, 0.2) is 18.3 Å². The normalized spacial score (nSPS) is 27.3. The maximum Gasteiger partial charge on any atom is 0.141 e. The largest absolute Gasteiger partial charge is 0.382 e. The monoisotopic (exact) mass is 259 g/mol. The van der Waals surface area contributed by atoms with E-state index in [1.807, 2.05) is 18.3 Å². The number of nitrogens with one attached hydrogen (secondary N) is 1. The van der Waals surface area contributed by atoms with Crippen molar-refractivity contribution in [3.63, 3.8) is 0 Å².